The highest BCUT2D eigenvalue weighted by atomic mass is 32.2. The first-order valence-electron chi connectivity index (χ1n) is 7.04. The molecular formula is C15H18F2N2O2S. The van der Waals surface area contributed by atoms with Crippen LogP contribution < -0.4 is 5.32 Å². The standard InChI is InChI=1S/C15H18F2N2O2S/c1-9(2)18-13(20)5-6-19-14(21)8-22-15(19)11-4-3-10(16)7-12(11)17/h3-4,7,9,15H,5-6,8H2,1-2H3,(H,18,20). The maximum atomic E-state index is 13.9. The van der Waals surface area contributed by atoms with Gasteiger partial charge >= 0.3 is 0 Å². The molecule has 22 heavy (non-hydrogen) atoms. The number of benzene rings is 1. The van der Waals surface area contributed by atoms with Gasteiger partial charge < -0.3 is 10.2 Å². The number of carbonyl (C=O) groups excluding carboxylic acids is 2. The Morgan fingerprint density at radius 1 is 1.45 bits per heavy atom. The fraction of sp³-hybridized carbons (Fsp3) is 0.467. The second-order valence-electron chi connectivity index (χ2n) is 5.39. The lowest BCUT2D eigenvalue weighted by atomic mass is 10.2. The largest absolute Gasteiger partial charge is 0.354 e. The van der Waals surface area contributed by atoms with Crippen LogP contribution in [0.25, 0.3) is 0 Å². The third-order valence-corrected chi connectivity index (χ3v) is 4.46. The normalized spacial score (nSPS) is 18.1. The van der Waals surface area contributed by atoms with Crippen LogP contribution in [0.3, 0.4) is 0 Å². The molecule has 1 fully saturated rings. The molecule has 1 aromatic rings. The van der Waals surface area contributed by atoms with Gasteiger partial charge in [-0.2, -0.15) is 0 Å². The van der Waals surface area contributed by atoms with Gasteiger partial charge in [-0.15, -0.1) is 11.8 Å². The van der Waals surface area contributed by atoms with Crippen LogP contribution in [0.1, 0.15) is 31.2 Å². The zero-order chi connectivity index (χ0) is 16.3. The van der Waals surface area contributed by atoms with E-state index >= 15 is 0 Å². The van der Waals surface area contributed by atoms with Crippen molar-refractivity contribution >= 4 is 23.6 Å². The van der Waals surface area contributed by atoms with Gasteiger partial charge in [0.05, 0.1) is 5.75 Å². The first kappa shape index (κ1) is 16.7. The number of hydrogen-bond donors (Lipinski definition) is 1. The van der Waals surface area contributed by atoms with Crippen molar-refractivity contribution in [2.45, 2.75) is 31.7 Å². The van der Waals surface area contributed by atoms with Crippen LogP contribution in [0.15, 0.2) is 18.2 Å². The van der Waals surface area contributed by atoms with Crippen molar-refractivity contribution in [3.05, 3.63) is 35.4 Å². The summed E-state index contributed by atoms with van der Waals surface area (Å²) in [5.41, 5.74) is 0.265. The summed E-state index contributed by atoms with van der Waals surface area (Å²) in [6.45, 7) is 3.92. The van der Waals surface area contributed by atoms with Crippen molar-refractivity contribution in [3.63, 3.8) is 0 Å². The van der Waals surface area contributed by atoms with Crippen LogP contribution in [-0.4, -0.2) is 35.1 Å². The molecule has 0 spiro atoms. The zero-order valence-corrected chi connectivity index (χ0v) is 13.3. The summed E-state index contributed by atoms with van der Waals surface area (Å²) >= 11 is 1.28. The zero-order valence-electron chi connectivity index (χ0n) is 12.4. The van der Waals surface area contributed by atoms with Gasteiger partial charge in [0, 0.05) is 30.6 Å². The van der Waals surface area contributed by atoms with E-state index in [1.807, 2.05) is 13.8 Å². The fourth-order valence-electron chi connectivity index (χ4n) is 2.27. The highest BCUT2D eigenvalue weighted by Gasteiger charge is 2.34. The number of amides is 2. The van der Waals surface area contributed by atoms with Gasteiger partial charge in [0.1, 0.15) is 17.0 Å². The summed E-state index contributed by atoms with van der Waals surface area (Å²) in [6.07, 6.45) is 0.157. The quantitative estimate of drug-likeness (QED) is 0.903. The minimum absolute atomic E-state index is 0.0292. The maximum Gasteiger partial charge on any atom is 0.233 e. The third-order valence-electron chi connectivity index (χ3n) is 3.23. The molecule has 120 valence electrons. The van der Waals surface area contributed by atoms with Crippen LogP contribution in [0.2, 0.25) is 0 Å². The molecule has 1 aliphatic rings. The van der Waals surface area contributed by atoms with E-state index in [1.54, 1.807) is 0 Å². The van der Waals surface area contributed by atoms with Crippen LogP contribution in [0.5, 0.6) is 0 Å². The van der Waals surface area contributed by atoms with Crippen molar-refractivity contribution in [2.75, 3.05) is 12.3 Å². The molecule has 0 saturated carbocycles. The van der Waals surface area contributed by atoms with E-state index in [0.29, 0.717) is 0 Å². The van der Waals surface area contributed by atoms with Gasteiger partial charge in [0.15, 0.2) is 0 Å². The molecule has 1 saturated heterocycles. The van der Waals surface area contributed by atoms with E-state index in [1.165, 1.54) is 28.8 Å². The second-order valence-corrected chi connectivity index (χ2v) is 6.46. The van der Waals surface area contributed by atoms with Gasteiger partial charge in [-0.25, -0.2) is 8.78 Å². The average molecular weight is 328 g/mol. The predicted octanol–water partition coefficient (Wildman–Crippen LogP) is 2.45. The molecule has 0 bridgehead atoms. The molecule has 7 heteroatoms. The molecule has 1 aliphatic heterocycles. The van der Waals surface area contributed by atoms with Crippen LogP contribution in [0, 0.1) is 11.6 Å². The molecule has 2 rings (SSSR count). The third kappa shape index (κ3) is 3.97. The number of nitrogens with zero attached hydrogens (tertiary/aromatic N) is 1. The van der Waals surface area contributed by atoms with Crippen LogP contribution in [0.4, 0.5) is 8.78 Å². The van der Waals surface area contributed by atoms with E-state index in [-0.39, 0.29) is 42.1 Å². The van der Waals surface area contributed by atoms with Gasteiger partial charge in [0.2, 0.25) is 11.8 Å². The first-order valence-corrected chi connectivity index (χ1v) is 8.08. The lowest BCUT2D eigenvalue weighted by molar-refractivity contribution is -0.129. The van der Waals surface area contributed by atoms with E-state index in [2.05, 4.69) is 5.32 Å². The van der Waals surface area contributed by atoms with Crippen molar-refractivity contribution in [3.8, 4) is 0 Å². The summed E-state index contributed by atoms with van der Waals surface area (Å²) < 4.78 is 26.9. The summed E-state index contributed by atoms with van der Waals surface area (Å²) in [7, 11) is 0. The van der Waals surface area contributed by atoms with Crippen LogP contribution in [-0.2, 0) is 9.59 Å². The predicted molar refractivity (Wildman–Crippen MR) is 81.2 cm³/mol. The molecule has 2 amide bonds. The second kappa shape index (κ2) is 7.09. The minimum atomic E-state index is -0.677. The SMILES string of the molecule is CC(C)NC(=O)CCN1C(=O)CSC1c1ccc(F)cc1F. The van der Waals surface area contributed by atoms with Gasteiger partial charge in [0.25, 0.3) is 0 Å². The lowest BCUT2D eigenvalue weighted by Gasteiger charge is -2.24. The minimum Gasteiger partial charge on any atom is -0.354 e. The smallest absolute Gasteiger partial charge is 0.233 e. The molecule has 1 aromatic carbocycles. The summed E-state index contributed by atoms with van der Waals surface area (Å²) in [5.74, 6) is -1.40. The van der Waals surface area contributed by atoms with Crippen molar-refractivity contribution in [2.24, 2.45) is 0 Å². The molecule has 1 atom stereocenters. The summed E-state index contributed by atoms with van der Waals surface area (Å²) in [6, 6.07) is 3.36. The molecule has 0 aliphatic carbocycles. The Morgan fingerprint density at radius 2 is 2.18 bits per heavy atom. The Labute approximate surface area is 132 Å². The molecule has 0 aromatic heterocycles. The maximum absolute atomic E-state index is 13.9. The first-order chi connectivity index (χ1) is 10.4. The Kier molecular flexibility index (Phi) is 5.39. The number of rotatable bonds is 5. The average Bonchev–Trinajstić information content (AvgIpc) is 2.77. The highest BCUT2D eigenvalue weighted by molar-refractivity contribution is 8.00. The molecule has 4 nitrogen and oxygen atoms in total. The van der Waals surface area contributed by atoms with Crippen molar-refractivity contribution < 1.29 is 18.4 Å². The Morgan fingerprint density at radius 3 is 2.82 bits per heavy atom. The fourth-order valence-corrected chi connectivity index (χ4v) is 3.51. The molecule has 1 heterocycles. The van der Waals surface area contributed by atoms with E-state index < -0.39 is 17.0 Å². The van der Waals surface area contributed by atoms with E-state index in [9.17, 15) is 18.4 Å². The highest BCUT2D eigenvalue weighted by Crippen LogP contribution is 2.39. The van der Waals surface area contributed by atoms with E-state index in [0.717, 1.165) is 6.07 Å². The lowest BCUT2D eigenvalue weighted by Crippen LogP contribution is -2.35. The van der Waals surface area contributed by atoms with Crippen molar-refractivity contribution in [1.29, 1.82) is 0 Å². The molecule has 0 radical (unpaired) electrons. The number of carbonyl (C=O) groups is 2. The Hall–Kier alpha value is -1.63. The molecule has 1 N–H and O–H groups in total. The number of hydrogen-bond acceptors (Lipinski definition) is 3. The van der Waals surface area contributed by atoms with Gasteiger partial charge in [-0.1, -0.05) is 6.07 Å². The topological polar surface area (TPSA) is 49.4 Å². The number of halogens is 2. The summed E-state index contributed by atoms with van der Waals surface area (Å²) in [4.78, 5) is 25.1. The van der Waals surface area contributed by atoms with E-state index in [4.69, 9.17) is 0 Å². The molecule has 1 unspecified atom stereocenters. The van der Waals surface area contributed by atoms with Crippen LogP contribution >= 0.6 is 11.8 Å². The number of nitrogens with one attached hydrogen (secondary N) is 1. The van der Waals surface area contributed by atoms with Gasteiger partial charge in [-0.05, 0) is 19.9 Å². The van der Waals surface area contributed by atoms with Crippen molar-refractivity contribution in [1.82, 2.24) is 10.2 Å². The molecular weight excluding hydrogens is 310 g/mol. The monoisotopic (exact) mass is 328 g/mol. The Balaban J connectivity index is 2.08. The van der Waals surface area contributed by atoms with Gasteiger partial charge in [-0.3, -0.25) is 9.59 Å². The number of thioether (sulfide) groups is 1. The summed E-state index contributed by atoms with van der Waals surface area (Å²) in [5, 5.41) is 2.23. The Bertz CT molecular complexity index is 581.